The van der Waals surface area contributed by atoms with Crippen LogP contribution in [0.5, 0.6) is 0 Å². The van der Waals surface area contributed by atoms with Crippen LogP contribution in [0.25, 0.3) is 0 Å². The first-order valence-corrected chi connectivity index (χ1v) is 7.19. The Labute approximate surface area is 126 Å². The smallest absolute Gasteiger partial charge is 0.236 e. The zero-order valence-corrected chi connectivity index (χ0v) is 13.5. The molecule has 1 rings (SSSR count). The molecule has 21 heavy (non-hydrogen) atoms. The third-order valence-electron chi connectivity index (χ3n) is 3.12. The van der Waals surface area contributed by atoms with E-state index in [2.05, 4.69) is 26.1 Å². The molecule has 0 saturated carbocycles. The van der Waals surface area contributed by atoms with Crippen molar-refractivity contribution in [2.45, 2.75) is 52.7 Å². The highest BCUT2D eigenvalue weighted by Crippen LogP contribution is 2.26. The van der Waals surface area contributed by atoms with Gasteiger partial charge < -0.3 is 16.0 Å². The van der Waals surface area contributed by atoms with Gasteiger partial charge >= 0.3 is 0 Å². The van der Waals surface area contributed by atoms with E-state index in [1.807, 2.05) is 19.9 Å². The van der Waals surface area contributed by atoms with Crippen LogP contribution in [0.15, 0.2) is 18.2 Å². The molecule has 0 radical (unpaired) electrons. The second-order valence-corrected chi connectivity index (χ2v) is 6.54. The number of anilines is 1. The number of para-hydroxylation sites is 1. The summed E-state index contributed by atoms with van der Waals surface area (Å²) < 4.78 is 14.3. The van der Waals surface area contributed by atoms with Crippen LogP contribution in [0.4, 0.5) is 10.1 Å². The molecule has 0 aliphatic heterocycles. The molecule has 3 N–H and O–H groups in total. The number of nitrogens with one attached hydrogen (secondary N) is 1. The third kappa shape index (κ3) is 5.34. The molecule has 1 amide bonds. The molecule has 5 heteroatoms. The highest BCUT2D eigenvalue weighted by molar-refractivity contribution is 5.80. The summed E-state index contributed by atoms with van der Waals surface area (Å²) in [4.78, 5) is 13.0. The van der Waals surface area contributed by atoms with Crippen LogP contribution in [-0.4, -0.2) is 24.0 Å². The summed E-state index contributed by atoms with van der Waals surface area (Å²) in [5.74, 6) is -0.806. The summed E-state index contributed by atoms with van der Waals surface area (Å²) in [5.41, 5.74) is 6.49. The quantitative estimate of drug-likeness (QED) is 0.847. The van der Waals surface area contributed by atoms with E-state index in [9.17, 15) is 9.18 Å². The van der Waals surface area contributed by atoms with Crippen molar-refractivity contribution in [1.29, 1.82) is 0 Å². The van der Waals surface area contributed by atoms with Crippen LogP contribution in [0.1, 0.15) is 40.2 Å². The number of halogens is 1. The number of nitrogens with two attached hydrogens (primary N) is 1. The normalized spacial score (nSPS) is 11.8. The van der Waals surface area contributed by atoms with E-state index in [1.54, 1.807) is 11.0 Å². The third-order valence-corrected chi connectivity index (χ3v) is 3.12. The van der Waals surface area contributed by atoms with Crippen LogP contribution < -0.4 is 16.0 Å². The number of amides is 1. The van der Waals surface area contributed by atoms with Gasteiger partial charge in [0.2, 0.25) is 5.91 Å². The van der Waals surface area contributed by atoms with Gasteiger partial charge in [0.1, 0.15) is 5.82 Å². The molecule has 1 aromatic carbocycles. The maximum atomic E-state index is 14.3. The fourth-order valence-corrected chi connectivity index (χ4v) is 2.07. The van der Waals surface area contributed by atoms with E-state index in [-0.39, 0.29) is 23.9 Å². The first kappa shape index (κ1) is 17.4. The number of carbonyl (C=O) groups excluding carboxylic acids is 1. The summed E-state index contributed by atoms with van der Waals surface area (Å²) in [5, 5.41) is 3.34. The van der Waals surface area contributed by atoms with Gasteiger partial charge in [-0.2, -0.15) is 0 Å². The summed E-state index contributed by atoms with van der Waals surface area (Å²) in [6.45, 7) is 10.5. The van der Waals surface area contributed by atoms with E-state index in [4.69, 9.17) is 5.73 Å². The molecule has 0 saturated heterocycles. The number of nitrogens with zero attached hydrogens (tertiary/aromatic N) is 1. The predicted octanol–water partition coefficient (Wildman–Crippen LogP) is 2.41. The van der Waals surface area contributed by atoms with Crippen molar-refractivity contribution in [3.8, 4) is 0 Å². The Hall–Kier alpha value is -1.62. The number of carbonyl (C=O) groups is 1. The van der Waals surface area contributed by atoms with Crippen LogP contribution in [-0.2, 0) is 11.3 Å². The number of hydrogen-bond acceptors (Lipinski definition) is 3. The Bertz CT molecular complexity index is 495. The molecule has 118 valence electrons. The van der Waals surface area contributed by atoms with Gasteiger partial charge in [-0.3, -0.25) is 4.79 Å². The number of primary amides is 1. The Morgan fingerprint density at radius 1 is 1.38 bits per heavy atom. The molecule has 1 aromatic rings. The summed E-state index contributed by atoms with van der Waals surface area (Å²) >= 11 is 0. The predicted molar refractivity (Wildman–Crippen MR) is 84.7 cm³/mol. The van der Waals surface area contributed by atoms with Crippen molar-refractivity contribution >= 4 is 11.6 Å². The fraction of sp³-hybridized carbons (Fsp3) is 0.562. The average Bonchev–Trinajstić information content (AvgIpc) is 2.32. The Balaban J connectivity index is 3.15. The monoisotopic (exact) mass is 295 g/mol. The van der Waals surface area contributed by atoms with Gasteiger partial charge in [-0.1, -0.05) is 12.1 Å². The second-order valence-electron chi connectivity index (χ2n) is 6.54. The zero-order valence-electron chi connectivity index (χ0n) is 13.5. The van der Waals surface area contributed by atoms with Gasteiger partial charge in [-0.25, -0.2) is 4.39 Å². The Morgan fingerprint density at radius 3 is 2.48 bits per heavy atom. The van der Waals surface area contributed by atoms with E-state index in [0.29, 0.717) is 12.2 Å². The van der Waals surface area contributed by atoms with E-state index in [0.717, 1.165) is 5.56 Å². The summed E-state index contributed by atoms with van der Waals surface area (Å²) in [6.07, 6.45) is 0. The average molecular weight is 295 g/mol. The summed E-state index contributed by atoms with van der Waals surface area (Å²) in [7, 11) is 0. The molecular formula is C16H26FN3O. The van der Waals surface area contributed by atoms with Crippen molar-refractivity contribution < 1.29 is 9.18 Å². The van der Waals surface area contributed by atoms with E-state index >= 15 is 0 Å². The maximum absolute atomic E-state index is 14.3. The zero-order chi connectivity index (χ0) is 16.2. The Kier molecular flexibility index (Phi) is 5.72. The van der Waals surface area contributed by atoms with Gasteiger partial charge in [-0.15, -0.1) is 0 Å². The first-order valence-electron chi connectivity index (χ1n) is 7.19. The molecule has 0 aliphatic carbocycles. The minimum absolute atomic E-state index is 0.00111. The van der Waals surface area contributed by atoms with E-state index < -0.39 is 5.91 Å². The van der Waals surface area contributed by atoms with Gasteiger partial charge in [0.05, 0.1) is 12.2 Å². The number of benzene rings is 1. The molecule has 0 aromatic heterocycles. The SMILES string of the molecule is CC(C)N(CC(N)=O)c1c(F)cccc1CNC(C)(C)C. The van der Waals surface area contributed by atoms with Gasteiger partial charge in [0, 0.05) is 18.1 Å². The Morgan fingerprint density at radius 2 is 2.00 bits per heavy atom. The van der Waals surface area contributed by atoms with Crippen molar-refractivity contribution in [2.24, 2.45) is 5.73 Å². The van der Waals surface area contributed by atoms with Crippen LogP contribution in [0.2, 0.25) is 0 Å². The molecule has 0 fully saturated rings. The maximum Gasteiger partial charge on any atom is 0.236 e. The number of hydrogen-bond donors (Lipinski definition) is 2. The molecule has 0 spiro atoms. The standard InChI is InChI=1S/C16H26FN3O/c1-11(2)20(10-14(18)21)15-12(7-6-8-13(15)17)9-19-16(3,4)5/h6-8,11,19H,9-10H2,1-5H3,(H2,18,21). The van der Waals surface area contributed by atoms with Crippen molar-refractivity contribution in [2.75, 3.05) is 11.4 Å². The topological polar surface area (TPSA) is 58.4 Å². The van der Waals surface area contributed by atoms with Crippen molar-refractivity contribution in [3.05, 3.63) is 29.6 Å². The lowest BCUT2D eigenvalue weighted by Gasteiger charge is -2.31. The minimum Gasteiger partial charge on any atom is -0.368 e. The molecule has 0 aliphatic rings. The lowest BCUT2D eigenvalue weighted by Crippen LogP contribution is -2.41. The second kappa shape index (κ2) is 6.89. The highest BCUT2D eigenvalue weighted by Gasteiger charge is 2.21. The van der Waals surface area contributed by atoms with Crippen molar-refractivity contribution in [1.82, 2.24) is 5.32 Å². The highest BCUT2D eigenvalue weighted by atomic mass is 19.1. The summed E-state index contributed by atoms with van der Waals surface area (Å²) in [6, 6.07) is 4.93. The molecule has 0 unspecified atom stereocenters. The lowest BCUT2D eigenvalue weighted by atomic mass is 10.1. The van der Waals surface area contributed by atoms with E-state index in [1.165, 1.54) is 6.07 Å². The van der Waals surface area contributed by atoms with Gasteiger partial charge in [-0.05, 0) is 46.2 Å². The molecule has 0 bridgehead atoms. The number of rotatable bonds is 6. The van der Waals surface area contributed by atoms with Gasteiger partial charge in [0.25, 0.3) is 0 Å². The van der Waals surface area contributed by atoms with Crippen molar-refractivity contribution in [3.63, 3.8) is 0 Å². The van der Waals surface area contributed by atoms with Gasteiger partial charge in [0.15, 0.2) is 0 Å². The first-order chi connectivity index (χ1) is 9.61. The van der Waals surface area contributed by atoms with Crippen LogP contribution >= 0.6 is 0 Å². The molecular weight excluding hydrogens is 269 g/mol. The van der Waals surface area contributed by atoms with Crippen LogP contribution in [0, 0.1) is 5.82 Å². The lowest BCUT2D eigenvalue weighted by molar-refractivity contribution is -0.116. The molecule has 4 nitrogen and oxygen atoms in total. The van der Waals surface area contributed by atoms with Crippen LogP contribution in [0.3, 0.4) is 0 Å². The fourth-order valence-electron chi connectivity index (χ4n) is 2.07. The largest absolute Gasteiger partial charge is 0.368 e. The minimum atomic E-state index is -0.471. The molecule has 0 heterocycles. The molecule has 0 atom stereocenters.